The minimum absolute atomic E-state index is 0.0299. The largest absolute Gasteiger partial charge is 0.379 e. The minimum atomic E-state index is -0.626. The first kappa shape index (κ1) is 14.0. The molecule has 1 aromatic rings. The molecule has 0 aliphatic carbocycles. The average molecular weight is 262 g/mol. The van der Waals surface area contributed by atoms with E-state index in [4.69, 9.17) is 10.5 Å². The second-order valence-corrected chi connectivity index (χ2v) is 5.64. The summed E-state index contributed by atoms with van der Waals surface area (Å²) in [7, 11) is 0. The summed E-state index contributed by atoms with van der Waals surface area (Å²) in [5, 5.41) is 3.03. The fourth-order valence-electron chi connectivity index (χ4n) is 2.22. The highest BCUT2D eigenvalue weighted by Gasteiger charge is 2.44. The fourth-order valence-corrected chi connectivity index (χ4v) is 2.22. The zero-order chi connectivity index (χ0) is 14.0. The second kappa shape index (κ2) is 5.31. The molecule has 0 saturated carbocycles. The van der Waals surface area contributed by atoms with Crippen molar-refractivity contribution in [3.8, 4) is 0 Å². The number of hydrogen-bond donors (Lipinski definition) is 2. The van der Waals surface area contributed by atoms with Crippen LogP contribution in [0.15, 0.2) is 24.3 Å². The van der Waals surface area contributed by atoms with Crippen LogP contribution in [0, 0.1) is 12.3 Å². The molecule has 0 aromatic heterocycles. The summed E-state index contributed by atoms with van der Waals surface area (Å²) in [6.07, 6.45) is 0. The molecule has 1 aliphatic rings. The summed E-state index contributed by atoms with van der Waals surface area (Å²) >= 11 is 0. The van der Waals surface area contributed by atoms with Crippen molar-refractivity contribution in [2.45, 2.75) is 32.9 Å². The van der Waals surface area contributed by atoms with Crippen LogP contribution in [0.1, 0.15) is 31.0 Å². The Morgan fingerprint density at radius 2 is 2.11 bits per heavy atom. The highest BCUT2D eigenvalue weighted by molar-refractivity contribution is 5.84. The number of nitrogens with one attached hydrogen (secondary N) is 1. The van der Waals surface area contributed by atoms with E-state index in [0.29, 0.717) is 13.2 Å². The van der Waals surface area contributed by atoms with Gasteiger partial charge in [-0.25, -0.2) is 0 Å². The van der Waals surface area contributed by atoms with Crippen molar-refractivity contribution >= 4 is 5.91 Å². The molecule has 1 fully saturated rings. The van der Waals surface area contributed by atoms with Crippen molar-refractivity contribution in [2.24, 2.45) is 11.1 Å². The third-order valence-corrected chi connectivity index (χ3v) is 3.96. The Morgan fingerprint density at radius 3 is 2.63 bits per heavy atom. The Balaban J connectivity index is 2.04. The summed E-state index contributed by atoms with van der Waals surface area (Å²) < 4.78 is 5.31. The van der Waals surface area contributed by atoms with Crippen LogP contribution in [0.25, 0.3) is 0 Å². The van der Waals surface area contributed by atoms with E-state index in [0.717, 1.165) is 5.56 Å². The molecule has 1 aromatic carbocycles. The van der Waals surface area contributed by atoms with Gasteiger partial charge in [-0.3, -0.25) is 4.79 Å². The zero-order valence-corrected chi connectivity index (χ0v) is 11.8. The van der Waals surface area contributed by atoms with Crippen molar-refractivity contribution < 1.29 is 9.53 Å². The monoisotopic (exact) mass is 262 g/mol. The second-order valence-electron chi connectivity index (χ2n) is 5.64. The third kappa shape index (κ3) is 2.80. The Labute approximate surface area is 114 Å². The Bertz CT molecular complexity index is 458. The SMILES string of the molecule is Cc1ccc([C@H](C)NC(=O)C2(C)COCC2N)cc1. The van der Waals surface area contributed by atoms with Gasteiger partial charge in [0.05, 0.1) is 24.7 Å². The number of benzene rings is 1. The van der Waals surface area contributed by atoms with E-state index in [9.17, 15) is 4.79 Å². The van der Waals surface area contributed by atoms with Crippen molar-refractivity contribution in [2.75, 3.05) is 13.2 Å². The predicted octanol–water partition coefficient (Wildman–Crippen LogP) is 1.54. The highest BCUT2D eigenvalue weighted by Crippen LogP contribution is 2.28. The van der Waals surface area contributed by atoms with Gasteiger partial charge in [-0.1, -0.05) is 29.8 Å². The molecule has 4 nitrogen and oxygen atoms in total. The number of amides is 1. The first-order valence-electron chi connectivity index (χ1n) is 6.64. The van der Waals surface area contributed by atoms with Gasteiger partial charge in [0.15, 0.2) is 0 Å². The molecular formula is C15H22N2O2. The van der Waals surface area contributed by atoms with Crippen LogP contribution in [0.4, 0.5) is 0 Å². The number of hydrogen-bond acceptors (Lipinski definition) is 3. The molecule has 1 aliphatic heterocycles. The van der Waals surface area contributed by atoms with E-state index in [1.807, 2.05) is 45.0 Å². The van der Waals surface area contributed by atoms with E-state index in [1.54, 1.807) is 0 Å². The molecular weight excluding hydrogens is 240 g/mol. The maximum atomic E-state index is 12.4. The van der Waals surface area contributed by atoms with Crippen molar-refractivity contribution in [1.29, 1.82) is 0 Å². The van der Waals surface area contributed by atoms with Crippen LogP contribution in [-0.2, 0) is 9.53 Å². The van der Waals surface area contributed by atoms with Gasteiger partial charge in [0.2, 0.25) is 5.91 Å². The maximum absolute atomic E-state index is 12.4. The molecule has 3 atom stereocenters. The standard InChI is InChI=1S/C15H22N2O2/c1-10-4-6-12(7-5-10)11(2)17-14(18)15(3)9-19-8-13(15)16/h4-7,11,13H,8-9,16H2,1-3H3,(H,17,18)/t11-,13?,15?/m0/s1. The Morgan fingerprint density at radius 1 is 1.47 bits per heavy atom. The molecule has 2 unspecified atom stereocenters. The van der Waals surface area contributed by atoms with Crippen molar-refractivity contribution in [3.63, 3.8) is 0 Å². The Kier molecular flexibility index (Phi) is 3.92. The van der Waals surface area contributed by atoms with Crippen LogP contribution in [0.2, 0.25) is 0 Å². The molecule has 1 heterocycles. The fraction of sp³-hybridized carbons (Fsp3) is 0.533. The van der Waals surface area contributed by atoms with Gasteiger partial charge in [0.1, 0.15) is 0 Å². The lowest BCUT2D eigenvalue weighted by atomic mass is 9.84. The Hall–Kier alpha value is -1.39. The van der Waals surface area contributed by atoms with Gasteiger partial charge in [-0.2, -0.15) is 0 Å². The van der Waals surface area contributed by atoms with Crippen LogP contribution in [-0.4, -0.2) is 25.2 Å². The quantitative estimate of drug-likeness (QED) is 0.868. The smallest absolute Gasteiger partial charge is 0.230 e. The molecule has 0 bridgehead atoms. The van der Waals surface area contributed by atoms with Crippen LogP contribution >= 0.6 is 0 Å². The minimum Gasteiger partial charge on any atom is -0.379 e. The summed E-state index contributed by atoms with van der Waals surface area (Å²) in [5.41, 5.74) is 7.64. The molecule has 0 radical (unpaired) electrons. The van der Waals surface area contributed by atoms with Gasteiger partial charge in [-0.05, 0) is 26.3 Å². The molecule has 1 saturated heterocycles. The van der Waals surface area contributed by atoms with E-state index < -0.39 is 5.41 Å². The summed E-state index contributed by atoms with van der Waals surface area (Å²) in [5.74, 6) is -0.0365. The predicted molar refractivity (Wildman–Crippen MR) is 74.6 cm³/mol. The van der Waals surface area contributed by atoms with Crippen LogP contribution < -0.4 is 11.1 Å². The lowest BCUT2D eigenvalue weighted by Gasteiger charge is -2.27. The highest BCUT2D eigenvalue weighted by atomic mass is 16.5. The number of carbonyl (C=O) groups excluding carboxylic acids is 1. The van der Waals surface area contributed by atoms with E-state index >= 15 is 0 Å². The molecule has 19 heavy (non-hydrogen) atoms. The summed E-state index contributed by atoms with van der Waals surface area (Å²) in [6.45, 7) is 6.72. The number of ether oxygens (including phenoxy) is 1. The molecule has 104 valence electrons. The first-order valence-corrected chi connectivity index (χ1v) is 6.64. The maximum Gasteiger partial charge on any atom is 0.230 e. The van der Waals surface area contributed by atoms with Gasteiger partial charge < -0.3 is 15.8 Å². The topological polar surface area (TPSA) is 64.3 Å². The third-order valence-electron chi connectivity index (χ3n) is 3.96. The average Bonchev–Trinajstić information content (AvgIpc) is 2.71. The molecule has 2 rings (SSSR count). The molecule has 1 amide bonds. The zero-order valence-electron chi connectivity index (χ0n) is 11.8. The number of aryl methyl sites for hydroxylation is 1. The lowest BCUT2D eigenvalue weighted by molar-refractivity contribution is -0.131. The van der Waals surface area contributed by atoms with Gasteiger partial charge in [0, 0.05) is 6.04 Å². The summed E-state index contributed by atoms with van der Waals surface area (Å²) in [6, 6.07) is 7.89. The lowest BCUT2D eigenvalue weighted by Crippen LogP contribution is -2.50. The first-order chi connectivity index (χ1) is 8.93. The van der Waals surface area contributed by atoms with Gasteiger partial charge in [0.25, 0.3) is 0 Å². The number of carbonyl (C=O) groups is 1. The van der Waals surface area contributed by atoms with E-state index in [1.165, 1.54) is 5.56 Å². The van der Waals surface area contributed by atoms with E-state index in [2.05, 4.69) is 5.32 Å². The van der Waals surface area contributed by atoms with Gasteiger partial charge >= 0.3 is 0 Å². The van der Waals surface area contributed by atoms with Crippen molar-refractivity contribution in [3.05, 3.63) is 35.4 Å². The number of rotatable bonds is 3. The van der Waals surface area contributed by atoms with Crippen LogP contribution in [0.5, 0.6) is 0 Å². The van der Waals surface area contributed by atoms with Crippen LogP contribution in [0.3, 0.4) is 0 Å². The van der Waals surface area contributed by atoms with E-state index in [-0.39, 0.29) is 18.0 Å². The molecule has 3 N–H and O–H groups in total. The molecule has 0 spiro atoms. The van der Waals surface area contributed by atoms with Gasteiger partial charge in [-0.15, -0.1) is 0 Å². The summed E-state index contributed by atoms with van der Waals surface area (Å²) in [4.78, 5) is 12.4. The molecule has 4 heteroatoms. The number of nitrogens with two attached hydrogens (primary N) is 1. The normalized spacial score (nSPS) is 28.1. The van der Waals surface area contributed by atoms with Crippen molar-refractivity contribution in [1.82, 2.24) is 5.32 Å².